The van der Waals surface area contributed by atoms with E-state index < -0.39 is 0 Å². The zero-order valence-corrected chi connectivity index (χ0v) is 15.3. The molecular formula is C18H31N5O2. The number of nitrogens with zero attached hydrogens (tertiary/aromatic N) is 5. The summed E-state index contributed by atoms with van der Waals surface area (Å²) in [6, 6.07) is 0.192. The zero-order valence-electron chi connectivity index (χ0n) is 15.3. The summed E-state index contributed by atoms with van der Waals surface area (Å²) in [6.07, 6.45) is 8.09. The number of aliphatic hydroxyl groups is 1. The van der Waals surface area contributed by atoms with Crippen LogP contribution in [0.5, 0.6) is 0 Å². The molecule has 2 fully saturated rings. The predicted octanol–water partition coefficient (Wildman–Crippen LogP) is 0.263. The number of carbonyl (C=O) groups excluding carboxylic acids is 1. The third-order valence-corrected chi connectivity index (χ3v) is 5.56. The summed E-state index contributed by atoms with van der Waals surface area (Å²) in [6.45, 7) is 6.40. The van der Waals surface area contributed by atoms with Gasteiger partial charge in [0.1, 0.15) is 0 Å². The predicted molar refractivity (Wildman–Crippen MR) is 96.1 cm³/mol. The summed E-state index contributed by atoms with van der Waals surface area (Å²) in [4.78, 5) is 23.2. The average molecular weight is 349 g/mol. The molecule has 2 atom stereocenters. The summed E-state index contributed by atoms with van der Waals surface area (Å²) >= 11 is 0. The average Bonchev–Trinajstić information content (AvgIpc) is 3.04. The summed E-state index contributed by atoms with van der Waals surface area (Å²) < 4.78 is 2.00. The molecule has 2 saturated heterocycles. The molecule has 25 heavy (non-hydrogen) atoms. The van der Waals surface area contributed by atoms with Gasteiger partial charge in [0.05, 0.1) is 12.4 Å². The molecule has 0 spiro atoms. The number of aromatic nitrogens is 2. The van der Waals surface area contributed by atoms with E-state index in [4.69, 9.17) is 0 Å². The molecule has 0 unspecified atom stereocenters. The minimum Gasteiger partial charge on any atom is -0.391 e. The molecule has 1 amide bonds. The number of carbonyl (C=O) groups is 1. The van der Waals surface area contributed by atoms with Crippen molar-refractivity contribution < 1.29 is 9.90 Å². The second-order valence-electron chi connectivity index (χ2n) is 7.34. The van der Waals surface area contributed by atoms with Crippen molar-refractivity contribution in [1.82, 2.24) is 24.3 Å². The smallest absolute Gasteiger partial charge is 0.222 e. The minimum absolute atomic E-state index is 0.192. The van der Waals surface area contributed by atoms with Crippen molar-refractivity contribution in [3.63, 3.8) is 0 Å². The van der Waals surface area contributed by atoms with Crippen molar-refractivity contribution in [1.29, 1.82) is 0 Å². The summed E-state index contributed by atoms with van der Waals surface area (Å²) in [5.41, 5.74) is 0. The maximum absolute atomic E-state index is 12.5. The van der Waals surface area contributed by atoms with Gasteiger partial charge < -0.3 is 19.5 Å². The lowest BCUT2D eigenvalue weighted by molar-refractivity contribution is -0.131. The Morgan fingerprint density at radius 1 is 1.16 bits per heavy atom. The van der Waals surface area contributed by atoms with Crippen LogP contribution in [0.3, 0.4) is 0 Å². The van der Waals surface area contributed by atoms with Crippen molar-refractivity contribution in [3.8, 4) is 0 Å². The molecule has 0 radical (unpaired) electrons. The Morgan fingerprint density at radius 3 is 2.64 bits per heavy atom. The van der Waals surface area contributed by atoms with E-state index in [1.165, 1.54) is 0 Å². The highest BCUT2D eigenvalue weighted by Gasteiger charge is 2.32. The van der Waals surface area contributed by atoms with Crippen molar-refractivity contribution in [3.05, 3.63) is 18.7 Å². The zero-order chi connectivity index (χ0) is 17.6. The fourth-order valence-corrected chi connectivity index (χ4v) is 3.89. The van der Waals surface area contributed by atoms with E-state index in [0.29, 0.717) is 19.4 Å². The van der Waals surface area contributed by atoms with Crippen LogP contribution in [0.1, 0.15) is 25.7 Å². The van der Waals surface area contributed by atoms with Crippen molar-refractivity contribution >= 4 is 5.91 Å². The van der Waals surface area contributed by atoms with Gasteiger partial charge in [0.2, 0.25) is 5.91 Å². The van der Waals surface area contributed by atoms with Crippen LogP contribution in [0.2, 0.25) is 0 Å². The van der Waals surface area contributed by atoms with E-state index >= 15 is 0 Å². The van der Waals surface area contributed by atoms with Crippen LogP contribution in [0, 0.1) is 0 Å². The van der Waals surface area contributed by atoms with Crippen LogP contribution < -0.4 is 0 Å². The number of likely N-dealkylation sites (N-methyl/N-ethyl adjacent to an activating group) is 1. The third-order valence-electron chi connectivity index (χ3n) is 5.56. The Labute approximate surface area is 150 Å². The van der Waals surface area contributed by atoms with Gasteiger partial charge in [-0.3, -0.25) is 9.69 Å². The highest BCUT2D eigenvalue weighted by Crippen LogP contribution is 2.20. The first kappa shape index (κ1) is 18.4. The normalized spacial score (nSPS) is 26.6. The number of aliphatic hydroxyl groups excluding tert-OH is 1. The molecule has 7 heteroatoms. The highest BCUT2D eigenvalue weighted by atomic mass is 16.3. The molecule has 2 aliphatic heterocycles. The first-order chi connectivity index (χ1) is 12.1. The van der Waals surface area contributed by atoms with E-state index in [0.717, 1.165) is 52.1 Å². The molecule has 0 bridgehead atoms. The molecule has 1 aromatic rings. The summed E-state index contributed by atoms with van der Waals surface area (Å²) in [7, 11) is 2.14. The topological polar surface area (TPSA) is 64.8 Å². The van der Waals surface area contributed by atoms with Gasteiger partial charge in [-0.05, 0) is 26.3 Å². The second kappa shape index (κ2) is 8.78. The van der Waals surface area contributed by atoms with Gasteiger partial charge in [0, 0.05) is 70.7 Å². The Morgan fingerprint density at radius 2 is 1.92 bits per heavy atom. The van der Waals surface area contributed by atoms with Gasteiger partial charge in [-0.15, -0.1) is 0 Å². The van der Waals surface area contributed by atoms with E-state index in [1.54, 1.807) is 12.5 Å². The number of hydrogen-bond acceptors (Lipinski definition) is 5. The maximum Gasteiger partial charge on any atom is 0.222 e. The van der Waals surface area contributed by atoms with Gasteiger partial charge >= 0.3 is 0 Å². The molecule has 1 aromatic heterocycles. The van der Waals surface area contributed by atoms with Crippen LogP contribution in [-0.2, 0) is 11.3 Å². The summed E-state index contributed by atoms with van der Waals surface area (Å²) in [5.74, 6) is 0.214. The van der Waals surface area contributed by atoms with Crippen LogP contribution in [-0.4, -0.2) is 93.7 Å². The number of piperazine rings is 1. The molecule has 0 aromatic carbocycles. The standard InChI is InChI=1S/C18H31N5O2/c1-20-11-13-22(14-12-20)16-4-8-23(9-5-17(16)24)18(25)3-2-7-21-10-6-19-15-21/h6,10,15-17,24H,2-5,7-9,11-14H2,1H3/t16-,17-/m0/s1. The molecule has 2 aliphatic rings. The first-order valence-electron chi connectivity index (χ1n) is 9.47. The molecule has 3 heterocycles. The number of aryl methyl sites for hydroxylation is 1. The van der Waals surface area contributed by atoms with Crippen LogP contribution in [0.25, 0.3) is 0 Å². The first-order valence-corrected chi connectivity index (χ1v) is 9.47. The van der Waals surface area contributed by atoms with E-state index in [1.807, 2.05) is 15.7 Å². The second-order valence-corrected chi connectivity index (χ2v) is 7.34. The van der Waals surface area contributed by atoms with Gasteiger partial charge in [-0.2, -0.15) is 0 Å². The van der Waals surface area contributed by atoms with Crippen molar-refractivity contribution in [2.24, 2.45) is 0 Å². The maximum atomic E-state index is 12.5. The third kappa shape index (κ3) is 5.03. The van der Waals surface area contributed by atoms with E-state index in [2.05, 4.69) is 21.8 Å². The Kier molecular flexibility index (Phi) is 6.45. The van der Waals surface area contributed by atoms with Gasteiger partial charge in [-0.1, -0.05) is 0 Å². The number of hydrogen-bond donors (Lipinski definition) is 1. The number of likely N-dealkylation sites (tertiary alicyclic amines) is 1. The van der Waals surface area contributed by atoms with Gasteiger partial charge in [0.15, 0.2) is 0 Å². The lowest BCUT2D eigenvalue weighted by Crippen LogP contribution is -2.52. The highest BCUT2D eigenvalue weighted by molar-refractivity contribution is 5.76. The molecule has 3 rings (SSSR count). The SMILES string of the molecule is CN1CCN([C@H]2CCN(C(=O)CCCn3ccnc3)CC[C@@H]2O)CC1. The fraction of sp³-hybridized carbons (Fsp3) is 0.778. The van der Waals surface area contributed by atoms with Crippen LogP contribution in [0.15, 0.2) is 18.7 Å². The Hall–Kier alpha value is -1.44. The lowest BCUT2D eigenvalue weighted by atomic mass is 10.0. The fourth-order valence-electron chi connectivity index (χ4n) is 3.89. The monoisotopic (exact) mass is 349 g/mol. The quantitative estimate of drug-likeness (QED) is 0.826. The number of amides is 1. The minimum atomic E-state index is -0.327. The Bertz CT molecular complexity index is 528. The molecule has 0 saturated carbocycles. The molecular weight excluding hydrogens is 318 g/mol. The largest absolute Gasteiger partial charge is 0.391 e. The van der Waals surface area contributed by atoms with Gasteiger partial charge in [-0.25, -0.2) is 4.98 Å². The molecule has 0 aliphatic carbocycles. The number of rotatable bonds is 5. The van der Waals surface area contributed by atoms with Crippen LogP contribution >= 0.6 is 0 Å². The Balaban J connectivity index is 1.45. The molecule has 1 N–H and O–H groups in total. The van der Waals surface area contributed by atoms with Crippen LogP contribution in [0.4, 0.5) is 0 Å². The van der Waals surface area contributed by atoms with Crippen molar-refractivity contribution in [2.75, 3.05) is 46.3 Å². The molecule has 7 nitrogen and oxygen atoms in total. The molecule has 140 valence electrons. The number of imidazole rings is 1. The van der Waals surface area contributed by atoms with Gasteiger partial charge in [0.25, 0.3) is 0 Å². The van der Waals surface area contributed by atoms with E-state index in [9.17, 15) is 9.90 Å². The summed E-state index contributed by atoms with van der Waals surface area (Å²) in [5, 5.41) is 10.6. The lowest BCUT2D eigenvalue weighted by Gasteiger charge is -2.39. The van der Waals surface area contributed by atoms with E-state index in [-0.39, 0.29) is 18.1 Å². The van der Waals surface area contributed by atoms with Crippen molar-refractivity contribution in [2.45, 2.75) is 44.4 Å².